The molecular weight excluding hydrogens is 451 g/mol. The van der Waals surface area contributed by atoms with Gasteiger partial charge in [-0.15, -0.1) is 12.4 Å². The first-order valence-electron chi connectivity index (χ1n) is 11.0. The highest BCUT2D eigenvalue weighted by Crippen LogP contribution is 2.21. The van der Waals surface area contributed by atoms with Gasteiger partial charge in [0.25, 0.3) is 0 Å². The maximum Gasteiger partial charge on any atom is 0.306 e. The fraction of sp³-hybridized carbons (Fsp3) is 0.565. The number of benzene rings is 1. The van der Waals surface area contributed by atoms with Crippen LogP contribution >= 0.6 is 12.4 Å². The number of nitrogens with one attached hydrogen (secondary N) is 1. The van der Waals surface area contributed by atoms with E-state index in [0.29, 0.717) is 19.4 Å². The van der Waals surface area contributed by atoms with Crippen molar-refractivity contribution in [3.8, 4) is 6.07 Å². The Hall–Kier alpha value is -2.70. The van der Waals surface area contributed by atoms with Crippen LogP contribution in [0.25, 0.3) is 0 Å². The molecule has 0 aliphatic carbocycles. The predicted octanol–water partition coefficient (Wildman–Crippen LogP) is 2.40. The number of amides is 2. The Morgan fingerprint density at radius 3 is 2.64 bits per heavy atom. The average Bonchev–Trinajstić information content (AvgIpc) is 3.19. The van der Waals surface area contributed by atoms with Gasteiger partial charge in [-0.05, 0) is 24.8 Å². The molecule has 1 saturated heterocycles. The quantitative estimate of drug-likeness (QED) is 0.348. The van der Waals surface area contributed by atoms with Gasteiger partial charge in [0.1, 0.15) is 18.8 Å². The van der Waals surface area contributed by atoms with Crippen molar-refractivity contribution in [2.75, 3.05) is 13.1 Å². The molecule has 0 radical (unpaired) electrons. The first-order chi connectivity index (χ1) is 15.4. The SMILES string of the molecule is Cl.N#C[C@@H]1C[C@H](F)CN1C(=O)[C@@H](N)CCC(=O)NCCCCCC(=O)OCc1ccccc1. The summed E-state index contributed by atoms with van der Waals surface area (Å²) in [7, 11) is 0. The molecule has 2 rings (SSSR count). The molecule has 0 bridgehead atoms. The molecule has 10 heteroatoms. The number of carbonyl (C=O) groups is 3. The van der Waals surface area contributed by atoms with Crippen LogP contribution in [0.2, 0.25) is 0 Å². The summed E-state index contributed by atoms with van der Waals surface area (Å²) in [6, 6.07) is 9.65. The molecule has 3 N–H and O–H groups in total. The minimum absolute atomic E-state index is 0. The van der Waals surface area contributed by atoms with Crippen LogP contribution in [0.3, 0.4) is 0 Å². The zero-order valence-corrected chi connectivity index (χ0v) is 19.4. The van der Waals surface area contributed by atoms with Gasteiger partial charge in [-0.3, -0.25) is 14.4 Å². The van der Waals surface area contributed by atoms with Crippen molar-refractivity contribution in [3.63, 3.8) is 0 Å². The summed E-state index contributed by atoms with van der Waals surface area (Å²) in [6.07, 6.45) is 1.48. The number of hydrogen-bond donors (Lipinski definition) is 2. The third-order valence-electron chi connectivity index (χ3n) is 5.30. The molecule has 1 aromatic carbocycles. The summed E-state index contributed by atoms with van der Waals surface area (Å²) >= 11 is 0. The summed E-state index contributed by atoms with van der Waals surface area (Å²) < 4.78 is 18.7. The van der Waals surface area contributed by atoms with Gasteiger partial charge in [0.15, 0.2) is 0 Å². The molecule has 33 heavy (non-hydrogen) atoms. The van der Waals surface area contributed by atoms with Crippen molar-refractivity contribution in [2.45, 2.75) is 69.8 Å². The topological polar surface area (TPSA) is 126 Å². The van der Waals surface area contributed by atoms with Crippen molar-refractivity contribution in [1.82, 2.24) is 10.2 Å². The van der Waals surface area contributed by atoms with E-state index in [1.54, 1.807) is 0 Å². The number of alkyl halides is 1. The average molecular weight is 483 g/mol. The van der Waals surface area contributed by atoms with Crippen molar-refractivity contribution >= 4 is 30.2 Å². The number of ether oxygens (including phenoxy) is 1. The molecule has 1 aliphatic heterocycles. The Morgan fingerprint density at radius 2 is 1.94 bits per heavy atom. The maximum absolute atomic E-state index is 13.5. The number of unbranched alkanes of at least 4 members (excludes halogenated alkanes) is 2. The van der Waals surface area contributed by atoms with E-state index in [-0.39, 0.29) is 56.7 Å². The third kappa shape index (κ3) is 10.2. The standard InChI is InChI=1S/C23H31FN4O4.ClH/c24-18-13-19(14-25)28(15-18)23(31)20(26)10-11-21(29)27-12-6-2-5-9-22(30)32-16-17-7-3-1-4-8-17;/h1,3-4,7-8,18-20H,2,5-6,9-13,15-16,26H2,(H,27,29);1H/t18-,19-,20-;/m0./s1. The summed E-state index contributed by atoms with van der Waals surface area (Å²) in [6.45, 7) is 0.605. The predicted molar refractivity (Wildman–Crippen MR) is 123 cm³/mol. The number of rotatable bonds is 12. The number of hydrogen-bond acceptors (Lipinski definition) is 6. The number of carbonyl (C=O) groups excluding carboxylic acids is 3. The van der Waals surface area contributed by atoms with E-state index in [1.165, 1.54) is 0 Å². The molecule has 0 aromatic heterocycles. The third-order valence-corrected chi connectivity index (χ3v) is 5.30. The Kier molecular flexibility index (Phi) is 13.0. The van der Waals surface area contributed by atoms with Crippen LogP contribution in [0.5, 0.6) is 0 Å². The minimum Gasteiger partial charge on any atom is -0.461 e. The molecular formula is C23H32ClFN4O4. The minimum atomic E-state index is -1.22. The second-order valence-electron chi connectivity index (χ2n) is 7.92. The van der Waals surface area contributed by atoms with E-state index in [9.17, 15) is 18.8 Å². The first kappa shape index (κ1) is 28.3. The van der Waals surface area contributed by atoms with Gasteiger partial charge in [-0.25, -0.2) is 4.39 Å². The van der Waals surface area contributed by atoms with Crippen molar-refractivity contribution < 1.29 is 23.5 Å². The zero-order valence-electron chi connectivity index (χ0n) is 18.6. The summed E-state index contributed by atoms with van der Waals surface area (Å²) in [4.78, 5) is 37.2. The maximum atomic E-state index is 13.5. The lowest BCUT2D eigenvalue weighted by Crippen LogP contribution is -2.46. The Balaban J connectivity index is 0.00000544. The number of nitrogens with two attached hydrogens (primary N) is 1. The lowest BCUT2D eigenvalue weighted by atomic mass is 10.1. The number of nitriles is 1. The Labute approximate surface area is 200 Å². The van der Waals surface area contributed by atoms with Crippen LogP contribution in [0.4, 0.5) is 4.39 Å². The largest absolute Gasteiger partial charge is 0.461 e. The van der Waals surface area contributed by atoms with Crippen LogP contribution in [-0.4, -0.2) is 54.0 Å². The molecule has 1 heterocycles. The molecule has 182 valence electrons. The molecule has 1 aromatic rings. The Bertz CT molecular complexity index is 805. The van der Waals surface area contributed by atoms with Gasteiger partial charge in [0.05, 0.1) is 18.7 Å². The fourth-order valence-corrected chi connectivity index (χ4v) is 3.47. The van der Waals surface area contributed by atoms with Crippen LogP contribution in [0.15, 0.2) is 30.3 Å². The van der Waals surface area contributed by atoms with E-state index in [0.717, 1.165) is 23.3 Å². The fourth-order valence-electron chi connectivity index (χ4n) is 3.47. The van der Waals surface area contributed by atoms with Gasteiger partial charge < -0.3 is 20.7 Å². The van der Waals surface area contributed by atoms with E-state index in [2.05, 4.69) is 5.32 Å². The van der Waals surface area contributed by atoms with Crippen LogP contribution in [0.1, 0.15) is 50.5 Å². The molecule has 0 saturated carbocycles. The van der Waals surface area contributed by atoms with E-state index in [4.69, 9.17) is 15.7 Å². The highest BCUT2D eigenvalue weighted by molar-refractivity contribution is 5.85. The highest BCUT2D eigenvalue weighted by atomic mass is 35.5. The lowest BCUT2D eigenvalue weighted by molar-refractivity contribution is -0.145. The van der Waals surface area contributed by atoms with E-state index >= 15 is 0 Å². The van der Waals surface area contributed by atoms with E-state index in [1.807, 2.05) is 36.4 Å². The zero-order chi connectivity index (χ0) is 23.3. The number of likely N-dealkylation sites (tertiary alicyclic amines) is 1. The number of nitrogens with zero attached hydrogens (tertiary/aromatic N) is 2. The summed E-state index contributed by atoms with van der Waals surface area (Å²) in [5.74, 6) is -0.965. The second-order valence-corrected chi connectivity index (χ2v) is 7.92. The van der Waals surface area contributed by atoms with Crippen LogP contribution in [-0.2, 0) is 25.7 Å². The van der Waals surface area contributed by atoms with Crippen molar-refractivity contribution in [1.29, 1.82) is 5.26 Å². The summed E-state index contributed by atoms with van der Waals surface area (Å²) in [5, 5.41) is 11.8. The lowest BCUT2D eigenvalue weighted by Gasteiger charge is -2.22. The Morgan fingerprint density at radius 1 is 1.21 bits per heavy atom. The number of esters is 1. The molecule has 3 atom stereocenters. The number of halogens is 2. The van der Waals surface area contributed by atoms with Gasteiger partial charge in [0.2, 0.25) is 11.8 Å². The molecule has 1 aliphatic rings. The molecule has 0 unspecified atom stereocenters. The van der Waals surface area contributed by atoms with Gasteiger partial charge in [0, 0.05) is 25.8 Å². The molecule has 0 spiro atoms. The van der Waals surface area contributed by atoms with Crippen LogP contribution in [0, 0.1) is 11.3 Å². The molecule has 1 fully saturated rings. The molecule has 8 nitrogen and oxygen atoms in total. The summed E-state index contributed by atoms with van der Waals surface area (Å²) in [5.41, 5.74) is 6.79. The second kappa shape index (κ2) is 15.2. The normalized spacial score (nSPS) is 18.0. The monoisotopic (exact) mass is 482 g/mol. The first-order valence-corrected chi connectivity index (χ1v) is 11.0. The van der Waals surface area contributed by atoms with E-state index < -0.39 is 24.2 Å². The van der Waals surface area contributed by atoms with Crippen molar-refractivity contribution in [2.24, 2.45) is 5.73 Å². The van der Waals surface area contributed by atoms with Gasteiger partial charge in [-0.1, -0.05) is 36.8 Å². The van der Waals surface area contributed by atoms with Gasteiger partial charge in [-0.2, -0.15) is 5.26 Å². The molecule has 2 amide bonds. The van der Waals surface area contributed by atoms with Crippen LogP contribution < -0.4 is 11.1 Å². The van der Waals surface area contributed by atoms with Gasteiger partial charge >= 0.3 is 5.97 Å². The highest BCUT2D eigenvalue weighted by Gasteiger charge is 2.37. The smallest absolute Gasteiger partial charge is 0.306 e. The van der Waals surface area contributed by atoms with Crippen molar-refractivity contribution in [3.05, 3.63) is 35.9 Å².